The van der Waals surface area contributed by atoms with Gasteiger partial charge in [0.1, 0.15) is 6.61 Å². The Morgan fingerprint density at radius 1 is 0.258 bits per heavy atom. The quantitative estimate of drug-likeness (QED) is 0.0805. The number of piperidine rings is 2. The fourth-order valence-electron chi connectivity index (χ4n) is 9.53. The van der Waals surface area contributed by atoms with Gasteiger partial charge in [-0.05, 0) is 324 Å². The van der Waals surface area contributed by atoms with E-state index in [-0.39, 0.29) is 57.3 Å². The van der Waals surface area contributed by atoms with Crippen LogP contribution in [0, 0.1) is 27.1 Å². The molecule has 0 unspecified atom stereocenters. The predicted molar refractivity (Wildman–Crippen MR) is 532 cm³/mol. The molecule has 0 bridgehead atoms. The molecule has 5 rings (SSSR count). The SMILES string of the molecule is CC(C)(C)C.CC(C)(C)C.CC(C)(C)C.CC(C)(C)C.CC(C)(C)C.CC(C)(C)OCCCN1CCCCC1.CC(C)(C)OCCN1CCCC1.CC(C)(C)OCCN1CCCCC1.CC(C)(C)OCCOCC(=O)N1CCCC1.CCCOC(C)(C)C.CCCOC(C)(C)C.CN(C)CCOC(C)(C)C.CN1CCN(CCOC(C)(C)C)CC1. The molecule has 0 aromatic rings. The van der Waals surface area contributed by atoms with Crippen LogP contribution in [0.5, 0.6) is 0 Å². The van der Waals surface area contributed by atoms with Crippen LogP contribution in [0.15, 0.2) is 0 Å². The lowest BCUT2D eigenvalue weighted by Gasteiger charge is -2.33. The molecular weight excluding hydrogens is 1500 g/mol. The predicted octanol–water partition coefficient (Wildman–Crippen LogP) is 25.4. The van der Waals surface area contributed by atoms with Crippen LogP contribution in [0.4, 0.5) is 0 Å². The third-order valence-corrected chi connectivity index (χ3v) is 14.7. The summed E-state index contributed by atoms with van der Waals surface area (Å²) in [6.07, 6.45) is 16.7. The fourth-order valence-corrected chi connectivity index (χ4v) is 9.53. The van der Waals surface area contributed by atoms with Gasteiger partial charge >= 0.3 is 0 Å². The number of carbonyl (C=O) groups is 1. The van der Waals surface area contributed by atoms with Crippen molar-refractivity contribution in [1.82, 2.24) is 34.3 Å². The number of likely N-dealkylation sites (tertiary alicyclic amines) is 4. The van der Waals surface area contributed by atoms with Crippen molar-refractivity contribution < 1.29 is 47.4 Å². The van der Waals surface area contributed by atoms with Crippen molar-refractivity contribution in [1.29, 1.82) is 0 Å². The summed E-state index contributed by atoms with van der Waals surface area (Å²) in [7, 11) is 6.28. The van der Waals surface area contributed by atoms with E-state index in [4.69, 9.17) is 42.6 Å². The highest BCUT2D eigenvalue weighted by Crippen LogP contribution is 2.18. The minimum absolute atomic E-state index is 0.00653. The average molecular weight is 1720 g/mol. The van der Waals surface area contributed by atoms with E-state index >= 15 is 0 Å². The van der Waals surface area contributed by atoms with Gasteiger partial charge in [-0.1, -0.05) is 165 Å². The van der Waals surface area contributed by atoms with Gasteiger partial charge in [-0.25, -0.2) is 0 Å². The van der Waals surface area contributed by atoms with Crippen LogP contribution in [0.2, 0.25) is 0 Å². The number of ether oxygens (including phenoxy) is 9. The highest BCUT2D eigenvalue weighted by Gasteiger charge is 2.21. The largest absolute Gasteiger partial charge is 0.376 e. The molecule has 0 spiro atoms. The van der Waals surface area contributed by atoms with Gasteiger partial charge in [0, 0.05) is 91.8 Å². The Bertz CT molecular complexity index is 2050. The second-order valence-electron chi connectivity index (χ2n) is 49.5. The number of amides is 1. The number of likely N-dealkylation sites (N-methyl/N-ethyl adjacent to an activating group) is 2. The average Bonchev–Trinajstić information content (AvgIpc) is 1.85. The molecule has 5 aliphatic heterocycles. The summed E-state index contributed by atoms with van der Waals surface area (Å²) in [5.74, 6) is 0.105. The van der Waals surface area contributed by atoms with E-state index in [1.165, 1.54) is 130 Å². The van der Waals surface area contributed by atoms with Crippen molar-refractivity contribution in [2.45, 2.75) is 447 Å². The summed E-state index contributed by atoms with van der Waals surface area (Å²) >= 11 is 0. The van der Waals surface area contributed by atoms with Crippen molar-refractivity contribution in [2.24, 2.45) is 27.1 Å². The van der Waals surface area contributed by atoms with E-state index in [1.807, 2.05) is 39.8 Å². The normalized spacial score (nSPS) is 16.5. The monoisotopic (exact) mass is 1720 g/mol. The van der Waals surface area contributed by atoms with Crippen LogP contribution in [0.25, 0.3) is 0 Å². The van der Waals surface area contributed by atoms with Crippen LogP contribution in [-0.2, 0) is 47.4 Å². The summed E-state index contributed by atoms with van der Waals surface area (Å²) in [6, 6.07) is 0. The van der Waals surface area contributed by atoms with Gasteiger partial charge in [0.05, 0.1) is 84.4 Å². The second-order valence-corrected chi connectivity index (χ2v) is 49.5. The Hall–Kier alpha value is -1.13. The molecule has 17 heteroatoms. The molecule has 5 fully saturated rings. The number of carbonyl (C=O) groups excluding carboxylic acids is 1. The molecule has 120 heavy (non-hydrogen) atoms. The standard InChI is InChI=1S/C12H23NO3.C12H25NO.C11H24N2O.C11H23NO.C10H21NO.C8H19NO.2C7H16O.5C5H12/c1-12(2,3)16-9-8-15-10-11(14)13-6-4-5-7-13;1-12(2,3)14-11-7-10-13-8-5-4-6-9-13;1-11(2,3)14-10-9-13-7-5-12(4)6-8-13;1-11(2,3)13-10-9-12-7-5-4-6-8-12;1-10(2,3)12-9-8-11-6-4-5-7-11;1-8(2,3)10-7-6-9(4)5;2*1-5-6-8-7(2,3)4;5*1-5(2,3)4/h4-10H2,1-3H3;4-11H2,1-3H3;5-10H2,1-4H3;4-10H2,1-3H3;4-9H2,1-3H3;6-7H2,1-5H3;2*5-6H2,1-4H3;5*1-4H3. The van der Waals surface area contributed by atoms with E-state index in [0.29, 0.717) is 40.3 Å². The summed E-state index contributed by atoms with van der Waals surface area (Å²) in [6.45, 7) is 125. The molecule has 0 aromatic carbocycles. The third kappa shape index (κ3) is 164. The lowest BCUT2D eigenvalue weighted by Crippen LogP contribution is -2.45. The molecule has 5 aliphatic rings. The molecule has 734 valence electrons. The van der Waals surface area contributed by atoms with Crippen LogP contribution in [-0.4, -0.2) is 283 Å². The fraction of sp³-hybridized carbons (Fsp3) is 0.990. The van der Waals surface area contributed by atoms with Gasteiger partial charge in [-0.3, -0.25) is 9.69 Å². The van der Waals surface area contributed by atoms with Crippen LogP contribution >= 0.6 is 0 Å². The van der Waals surface area contributed by atoms with E-state index < -0.39 is 0 Å². The minimum atomic E-state index is -0.137. The zero-order valence-electron chi connectivity index (χ0n) is 91.5. The molecule has 17 nitrogen and oxygen atoms in total. The number of piperazine rings is 1. The van der Waals surface area contributed by atoms with E-state index in [0.717, 1.165) is 111 Å². The molecule has 0 saturated carbocycles. The Labute approximate surface area is 756 Å². The first-order chi connectivity index (χ1) is 53.7. The molecule has 0 atom stereocenters. The van der Waals surface area contributed by atoms with Gasteiger partial charge < -0.3 is 72.0 Å². The molecule has 0 N–H and O–H groups in total. The first-order valence-corrected chi connectivity index (χ1v) is 47.9. The topological polar surface area (TPSA) is 123 Å². The van der Waals surface area contributed by atoms with E-state index in [2.05, 4.69) is 334 Å². The highest BCUT2D eigenvalue weighted by atomic mass is 16.5. The van der Waals surface area contributed by atoms with Crippen LogP contribution < -0.4 is 0 Å². The first-order valence-electron chi connectivity index (χ1n) is 47.9. The molecular formula is C103H227N7O10. The van der Waals surface area contributed by atoms with Gasteiger partial charge in [-0.2, -0.15) is 0 Å². The summed E-state index contributed by atoms with van der Waals surface area (Å²) in [5, 5.41) is 0. The van der Waals surface area contributed by atoms with Gasteiger partial charge in [-0.15, -0.1) is 0 Å². The second kappa shape index (κ2) is 71.7. The van der Waals surface area contributed by atoms with E-state index in [1.54, 1.807) is 0 Å². The minimum Gasteiger partial charge on any atom is -0.376 e. The van der Waals surface area contributed by atoms with Crippen molar-refractivity contribution >= 4 is 5.91 Å². The van der Waals surface area contributed by atoms with Crippen molar-refractivity contribution in [3.05, 3.63) is 0 Å². The molecule has 0 aromatic heterocycles. The summed E-state index contributed by atoms with van der Waals surface area (Å²) in [4.78, 5) is 28.0. The lowest BCUT2D eigenvalue weighted by molar-refractivity contribution is -0.136. The van der Waals surface area contributed by atoms with Crippen molar-refractivity contribution in [3.63, 3.8) is 0 Å². The summed E-state index contributed by atoms with van der Waals surface area (Å²) < 4.78 is 49.8. The molecule has 1 amide bonds. The van der Waals surface area contributed by atoms with Crippen LogP contribution in [0.1, 0.15) is 402 Å². The lowest BCUT2D eigenvalue weighted by atomic mass is 10.0. The Balaban J connectivity index is -0.000000193. The maximum absolute atomic E-state index is 11.6. The van der Waals surface area contributed by atoms with Gasteiger partial charge in [0.2, 0.25) is 5.91 Å². The molecule has 0 radical (unpaired) electrons. The molecule has 0 aliphatic carbocycles. The number of rotatable bonds is 25. The molecule has 5 saturated heterocycles. The zero-order chi connectivity index (χ0) is 95.8. The number of nitrogens with zero attached hydrogens (tertiary/aromatic N) is 7. The Kier molecular flexibility index (Phi) is 80.3. The van der Waals surface area contributed by atoms with Crippen molar-refractivity contribution in [3.8, 4) is 0 Å². The smallest absolute Gasteiger partial charge is 0.248 e. The Morgan fingerprint density at radius 3 is 0.725 bits per heavy atom. The summed E-state index contributed by atoms with van der Waals surface area (Å²) in [5.41, 5.74) is 2.56. The van der Waals surface area contributed by atoms with Crippen LogP contribution in [0.3, 0.4) is 0 Å². The van der Waals surface area contributed by atoms with Crippen molar-refractivity contribution in [2.75, 3.05) is 198 Å². The Morgan fingerprint density at radius 2 is 0.475 bits per heavy atom. The van der Waals surface area contributed by atoms with Gasteiger partial charge in [0.15, 0.2) is 0 Å². The third-order valence-electron chi connectivity index (χ3n) is 14.7. The van der Waals surface area contributed by atoms with E-state index in [9.17, 15) is 4.79 Å². The maximum atomic E-state index is 11.6. The van der Waals surface area contributed by atoms with Gasteiger partial charge in [0.25, 0.3) is 0 Å². The maximum Gasteiger partial charge on any atom is 0.248 e. The molecule has 5 heterocycles. The number of hydrogen-bond donors (Lipinski definition) is 0. The first kappa shape index (κ1) is 134. The zero-order valence-corrected chi connectivity index (χ0v) is 91.5. The highest BCUT2D eigenvalue weighted by molar-refractivity contribution is 5.77. The number of hydrogen-bond acceptors (Lipinski definition) is 16.